The Morgan fingerprint density at radius 1 is 1.17 bits per heavy atom. The average molecular weight is 303 g/mol. The van der Waals surface area contributed by atoms with Crippen LogP contribution in [0.1, 0.15) is 31.2 Å². The minimum atomic E-state index is 0.345. The number of rotatable bonds is 3. The van der Waals surface area contributed by atoms with E-state index in [0.717, 1.165) is 35.5 Å². The summed E-state index contributed by atoms with van der Waals surface area (Å²) in [4.78, 5) is 4.42. The molecule has 1 aliphatic carbocycles. The second-order valence-electron chi connectivity index (χ2n) is 5.95. The second-order valence-corrected chi connectivity index (χ2v) is 5.95. The minimum absolute atomic E-state index is 0.345. The van der Waals surface area contributed by atoms with Gasteiger partial charge >= 0.3 is 0 Å². The topological polar surface area (TPSA) is 50.3 Å². The predicted octanol–water partition coefficient (Wildman–Crippen LogP) is 4.19. The van der Waals surface area contributed by atoms with Crippen LogP contribution in [-0.2, 0) is 0 Å². The molecule has 4 heteroatoms. The van der Waals surface area contributed by atoms with Gasteiger partial charge in [-0.05, 0) is 49.9 Å². The smallest absolute Gasteiger partial charge is 0.137 e. The SMILES string of the molecule is N#Cc1ccc2ncc(-c3cccc(OC4CCCC4)c3)n2c1. The monoisotopic (exact) mass is 303 g/mol. The van der Waals surface area contributed by atoms with E-state index in [1.807, 2.05) is 41.1 Å². The van der Waals surface area contributed by atoms with Crippen LogP contribution in [0.3, 0.4) is 0 Å². The molecule has 0 amide bonds. The molecule has 0 N–H and O–H groups in total. The standard InChI is InChI=1S/C19H17N3O/c20-11-14-8-9-19-21-12-18(22(19)13-14)15-4-3-7-17(10-15)23-16-5-1-2-6-16/h3-4,7-10,12-13,16H,1-2,5-6H2. The zero-order valence-corrected chi connectivity index (χ0v) is 12.8. The van der Waals surface area contributed by atoms with E-state index in [1.165, 1.54) is 12.8 Å². The third-order valence-corrected chi connectivity index (χ3v) is 4.37. The molecule has 1 aliphatic rings. The number of pyridine rings is 1. The Bertz CT molecular complexity index is 885. The number of hydrogen-bond acceptors (Lipinski definition) is 3. The fourth-order valence-corrected chi connectivity index (χ4v) is 3.19. The van der Waals surface area contributed by atoms with E-state index >= 15 is 0 Å². The number of fused-ring (bicyclic) bond motifs is 1. The largest absolute Gasteiger partial charge is 0.490 e. The van der Waals surface area contributed by atoms with Crippen molar-refractivity contribution in [2.24, 2.45) is 0 Å². The molecule has 0 unspecified atom stereocenters. The van der Waals surface area contributed by atoms with Gasteiger partial charge in [-0.1, -0.05) is 12.1 Å². The molecule has 114 valence electrons. The van der Waals surface area contributed by atoms with Crippen molar-refractivity contribution in [2.75, 3.05) is 0 Å². The molecule has 0 atom stereocenters. The highest BCUT2D eigenvalue weighted by Gasteiger charge is 2.17. The first-order valence-corrected chi connectivity index (χ1v) is 7.98. The number of nitriles is 1. The van der Waals surface area contributed by atoms with Gasteiger partial charge in [-0.2, -0.15) is 5.26 Å². The summed E-state index contributed by atoms with van der Waals surface area (Å²) >= 11 is 0. The number of hydrogen-bond donors (Lipinski definition) is 0. The maximum atomic E-state index is 9.10. The third-order valence-electron chi connectivity index (χ3n) is 4.37. The zero-order valence-electron chi connectivity index (χ0n) is 12.8. The molecule has 2 heterocycles. The van der Waals surface area contributed by atoms with Crippen molar-refractivity contribution in [2.45, 2.75) is 31.8 Å². The van der Waals surface area contributed by atoms with Gasteiger partial charge in [0.1, 0.15) is 17.5 Å². The Balaban J connectivity index is 1.71. The molecule has 2 aromatic heterocycles. The molecule has 4 rings (SSSR count). The van der Waals surface area contributed by atoms with Crippen LogP contribution in [0.15, 0.2) is 48.8 Å². The van der Waals surface area contributed by atoms with Crippen LogP contribution in [0.5, 0.6) is 5.75 Å². The number of aromatic nitrogens is 2. The van der Waals surface area contributed by atoms with Crippen LogP contribution in [0, 0.1) is 11.3 Å². The molecule has 23 heavy (non-hydrogen) atoms. The van der Waals surface area contributed by atoms with Gasteiger partial charge in [0.25, 0.3) is 0 Å². The van der Waals surface area contributed by atoms with Crippen molar-refractivity contribution in [3.63, 3.8) is 0 Å². The van der Waals surface area contributed by atoms with Gasteiger partial charge < -0.3 is 4.74 Å². The van der Waals surface area contributed by atoms with Gasteiger partial charge in [0.2, 0.25) is 0 Å². The van der Waals surface area contributed by atoms with Crippen LogP contribution in [0.4, 0.5) is 0 Å². The predicted molar refractivity (Wildman–Crippen MR) is 88.2 cm³/mol. The summed E-state index contributed by atoms with van der Waals surface area (Å²) in [6.07, 6.45) is 8.81. The van der Waals surface area contributed by atoms with Crippen LogP contribution in [-0.4, -0.2) is 15.5 Å². The number of benzene rings is 1. The molecule has 3 aromatic rings. The fourth-order valence-electron chi connectivity index (χ4n) is 3.19. The molecular weight excluding hydrogens is 286 g/mol. The Morgan fingerprint density at radius 3 is 2.87 bits per heavy atom. The lowest BCUT2D eigenvalue weighted by Crippen LogP contribution is -2.10. The first kappa shape index (κ1) is 13.8. The van der Waals surface area contributed by atoms with Crippen LogP contribution >= 0.6 is 0 Å². The summed E-state index contributed by atoms with van der Waals surface area (Å²) in [5.74, 6) is 0.904. The van der Waals surface area contributed by atoms with E-state index in [1.54, 1.807) is 6.07 Å². The molecule has 0 spiro atoms. The van der Waals surface area contributed by atoms with Crippen molar-refractivity contribution in [1.29, 1.82) is 5.26 Å². The van der Waals surface area contributed by atoms with Crippen molar-refractivity contribution in [3.8, 4) is 23.1 Å². The van der Waals surface area contributed by atoms with E-state index in [-0.39, 0.29) is 0 Å². The molecular formula is C19H17N3O. The van der Waals surface area contributed by atoms with E-state index in [2.05, 4.69) is 17.1 Å². The number of ether oxygens (including phenoxy) is 1. The third kappa shape index (κ3) is 2.66. The second kappa shape index (κ2) is 5.77. The average Bonchev–Trinajstić information content (AvgIpc) is 3.23. The molecule has 1 fully saturated rings. The lowest BCUT2D eigenvalue weighted by atomic mass is 10.1. The maximum absolute atomic E-state index is 9.10. The Kier molecular flexibility index (Phi) is 3.47. The fraction of sp³-hybridized carbons (Fsp3) is 0.263. The summed E-state index contributed by atoms with van der Waals surface area (Å²) < 4.78 is 8.04. The van der Waals surface area contributed by atoms with E-state index in [4.69, 9.17) is 10.00 Å². The molecule has 0 bridgehead atoms. The molecule has 1 aromatic carbocycles. The Morgan fingerprint density at radius 2 is 2.04 bits per heavy atom. The van der Waals surface area contributed by atoms with Crippen LogP contribution in [0.2, 0.25) is 0 Å². The van der Waals surface area contributed by atoms with Gasteiger partial charge in [-0.3, -0.25) is 4.40 Å². The van der Waals surface area contributed by atoms with E-state index < -0.39 is 0 Å². The number of nitrogens with zero attached hydrogens (tertiary/aromatic N) is 3. The lowest BCUT2D eigenvalue weighted by Gasteiger charge is -2.13. The molecule has 4 nitrogen and oxygen atoms in total. The maximum Gasteiger partial charge on any atom is 0.137 e. The molecule has 0 aliphatic heterocycles. The van der Waals surface area contributed by atoms with Gasteiger partial charge in [0.05, 0.1) is 23.6 Å². The van der Waals surface area contributed by atoms with Crippen molar-refractivity contribution in [3.05, 3.63) is 54.4 Å². The summed E-state index contributed by atoms with van der Waals surface area (Å²) in [5.41, 5.74) is 3.47. The van der Waals surface area contributed by atoms with Crippen molar-refractivity contribution in [1.82, 2.24) is 9.38 Å². The van der Waals surface area contributed by atoms with Gasteiger partial charge in [0.15, 0.2) is 0 Å². The van der Waals surface area contributed by atoms with E-state index in [9.17, 15) is 0 Å². The number of imidazole rings is 1. The molecule has 0 radical (unpaired) electrons. The first-order chi connectivity index (χ1) is 11.3. The van der Waals surface area contributed by atoms with E-state index in [0.29, 0.717) is 11.7 Å². The summed E-state index contributed by atoms with van der Waals surface area (Å²) in [5, 5.41) is 9.10. The van der Waals surface area contributed by atoms with Gasteiger partial charge in [-0.25, -0.2) is 4.98 Å². The molecule has 0 saturated heterocycles. The summed E-state index contributed by atoms with van der Waals surface area (Å²) in [6, 6.07) is 13.9. The van der Waals surface area contributed by atoms with Crippen molar-refractivity contribution >= 4 is 5.65 Å². The van der Waals surface area contributed by atoms with Crippen LogP contribution < -0.4 is 4.74 Å². The highest BCUT2D eigenvalue weighted by Crippen LogP contribution is 2.28. The Hall–Kier alpha value is -2.80. The van der Waals surface area contributed by atoms with Crippen LogP contribution in [0.25, 0.3) is 16.9 Å². The highest BCUT2D eigenvalue weighted by molar-refractivity contribution is 5.65. The van der Waals surface area contributed by atoms with Gasteiger partial charge in [-0.15, -0.1) is 0 Å². The first-order valence-electron chi connectivity index (χ1n) is 7.98. The summed E-state index contributed by atoms with van der Waals surface area (Å²) in [7, 11) is 0. The lowest BCUT2D eigenvalue weighted by molar-refractivity contribution is 0.210. The molecule has 1 saturated carbocycles. The quantitative estimate of drug-likeness (QED) is 0.729. The van der Waals surface area contributed by atoms with Gasteiger partial charge in [0, 0.05) is 11.8 Å². The van der Waals surface area contributed by atoms with Crippen molar-refractivity contribution < 1.29 is 4.74 Å². The zero-order chi connectivity index (χ0) is 15.6. The normalized spacial score (nSPS) is 14.9. The Labute approximate surface area is 135 Å². The summed E-state index contributed by atoms with van der Waals surface area (Å²) in [6.45, 7) is 0. The minimum Gasteiger partial charge on any atom is -0.490 e. The highest BCUT2D eigenvalue weighted by atomic mass is 16.5.